The molecule has 13 heavy (non-hydrogen) atoms. The van der Waals surface area contributed by atoms with E-state index in [9.17, 15) is 4.79 Å². The maximum atomic E-state index is 10.9. The molecule has 4 nitrogen and oxygen atoms in total. The molecule has 0 radical (unpaired) electrons. The molecular formula is C9H9N3O. The van der Waals surface area contributed by atoms with E-state index in [1.807, 2.05) is 12.1 Å². The lowest BCUT2D eigenvalue weighted by Crippen LogP contribution is -2.35. The van der Waals surface area contributed by atoms with Crippen molar-refractivity contribution in [1.29, 1.82) is 0 Å². The number of carbonyl (C=O) groups is 1. The lowest BCUT2D eigenvalue weighted by molar-refractivity contribution is -0.117. The van der Waals surface area contributed by atoms with Gasteiger partial charge in [-0.3, -0.25) is 9.78 Å². The maximum absolute atomic E-state index is 10.9. The number of nitrogens with one attached hydrogen (secondary N) is 1. The van der Waals surface area contributed by atoms with Crippen molar-refractivity contribution in [2.75, 3.05) is 5.32 Å². The summed E-state index contributed by atoms with van der Waals surface area (Å²) in [5.74, 6) is -0.376. The summed E-state index contributed by atoms with van der Waals surface area (Å²) in [7, 11) is 0. The van der Waals surface area contributed by atoms with Crippen LogP contribution >= 0.6 is 0 Å². The highest BCUT2D eigenvalue weighted by Gasteiger charge is 2.16. The molecule has 1 atom stereocenters. The molecule has 1 amide bonds. The topological polar surface area (TPSA) is 68.0 Å². The normalized spacial score (nSPS) is 18.9. The Morgan fingerprint density at radius 3 is 3.23 bits per heavy atom. The number of fused-ring (bicyclic) bond motifs is 1. The quantitative estimate of drug-likeness (QED) is 0.648. The molecule has 2 rings (SSSR count). The molecule has 1 aromatic rings. The zero-order chi connectivity index (χ0) is 9.26. The molecule has 0 aliphatic carbocycles. The highest BCUT2D eigenvalue weighted by Crippen LogP contribution is 2.20. The van der Waals surface area contributed by atoms with Crippen LogP contribution in [0.15, 0.2) is 24.5 Å². The summed E-state index contributed by atoms with van der Waals surface area (Å²) < 4.78 is 0. The summed E-state index contributed by atoms with van der Waals surface area (Å²) in [6, 6.07) is 1.41. The third-order valence-electron chi connectivity index (χ3n) is 1.94. The molecule has 2 heterocycles. The van der Waals surface area contributed by atoms with E-state index >= 15 is 0 Å². The van der Waals surface area contributed by atoms with Crippen molar-refractivity contribution in [1.82, 2.24) is 4.98 Å². The van der Waals surface area contributed by atoms with E-state index in [1.54, 1.807) is 18.5 Å². The van der Waals surface area contributed by atoms with Gasteiger partial charge < -0.3 is 11.1 Å². The monoisotopic (exact) mass is 175 g/mol. The second-order valence-electron chi connectivity index (χ2n) is 2.85. The van der Waals surface area contributed by atoms with Crippen LogP contribution in [0.4, 0.5) is 5.69 Å². The summed E-state index contributed by atoms with van der Waals surface area (Å²) in [6.07, 6.45) is 6.97. The number of primary amides is 1. The van der Waals surface area contributed by atoms with Crippen LogP contribution in [0.5, 0.6) is 0 Å². The number of nitrogens with zero attached hydrogens (tertiary/aromatic N) is 1. The molecule has 0 fully saturated rings. The van der Waals surface area contributed by atoms with Crippen LogP contribution in [0.25, 0.3) is 6.08 Å². The fourth-order valence-electron chi connectivity index (χ4n) is 1.25. The van der Waals surface area contributed by atoms with Gasteiger partial charge in [-0.2, -0.15) is 0 Å². The highest BCUT2D eigenvalue weighted by molar-refractivity contribution is 5.89. The molecule has 1 aliphatic rings. The number of anilines is 1. The van der Waals surface area contributed by atoms with E-state index in [4.69, 9.17) is 5.73 Å². The summed E-state index contributed by atoms with van der Waals surface area (Å²) in [5, 5.41) is 3.00. The Kier molecular flexibility index (Phi) is 1.73. The Balaban J connectivity index is 2.34. The first-order valence-corrected chi connectivity index (χ1v) is 3.95. The molecule has 0 saturated heterocycles. The Bertz CT molecular complexity index is 373. The van der Waals surface area contributed by atoms with Crippen LogP contribution in [-0.2, 0) is 4.79 Å². The first kappa shape index (κ1) is 7.79. The van der Waals surface area contributed by atoms with Crippen molar-refractivity contribution in [3.05, 3.63) is 30.1 Å². The molecule has 3 N–H and O–H groups in total. The van der Waals surface area contributed by atoms with Crippen LogP contribution in [0.3, 0.4) is 0 Å². The summed E-state index contributed by atoms with van der Waals surface area (Å²) >= 11 is 0. The smallest absolute Gasteiger partial charge is 0.243 e. The molecule has 0 saturated carbocycles. The SMILES string of the molecule is NC(=O)C1C=Cc2cnccc2N1. The Labute approximate surface area is 75.5 Å². The lowest BCUT2D eigenvalue weighted by Gasteiger charge is -2.18. The zero-order valence-corrected chi connectivity index (χ0v) is 6.90. The Morgan fingerprint density at radius 1 is 1.62 bits per heavy atom. The second kappa shape index (κ2) is 2.90. The number of amides is 1. The molecular weight excluding hydrogens is 166 g/mol. The second-order valence-corrected chi connectivity index (χ2v) is 2.85. The van der Waals surface area contributed by atoms with Gasteiger partial charge in [-0.15, -0.1) is 0 Å². The van der Waals surface area contributed by atoms with E-state index in [0.717, 1.165) is 11.3 Å². The van der Waals surface area contributed by atoms with Gasteiger partial charge in [-0.05, 0) is 6.07 Å². The highest BCUT2D eigenvalue weighted by atomic mass is 16.1. The molecule has 1 aliphatic heterocycles. The number of rotatable bonds is 1. The number of carbonyl (C=O) groups excluding carboxylic acids is 1. The predicted molar refractivity (Wildman–Crippen MR) is 49.9 cm³/mol. The van der Waals surface area contributed by atoms with Crippen LogP contribution in [0.1, 0.15) is 5.56 Å². The molecule has 0 bridgehead atoms. The van der Waals surface area contributed by atoms with Gasteiger partial charge in [0.05, 0.1) is 0 Å². The minimum Gasteiger partial charge on any atom is -0.370 e. The van der Waals surface area contributed by atoms with E-state index in [-0.39, 0.29) is 5.91 Å². The maximum Gasteiger partial charge on any atom is 0.243 e. The summed E-state index contributed by atoms with van der Waals surface area (Å²) in [6.45, 7) is 0. The van der Waals surface area contributed by atoms with Crippen molar-refractivity contribution in [3.63, 3.8) is 0 Å². The summed E-state index contributed by atoms with van der Waals surface area (Å²) in [5.41, 5.74) is 7.02. The first-order chi connectivity index (χ1) is 6.27. The molecule has 1 aromatic heterocycles. The van der Waals surface area contributed by atoms with E-state index < -0.39 is 6.04 Å². The van der Waals surface area contributed by atoms with Gasteiger partial charge in [0.25, 0.3) is 0 Å². The van der Waals surface area contributed by atoms with Gasteiger partial charge in [0.1, 0.15) is 6.04 Å². The third kappa shape index (κ3) is 1.38. The molecule has 0 spiro atoms. The number of aromatic nitrogens is 1. The molecule has 66 valence electrons. The van der Waals surface area contributed by atoms with Crippen LogP contribution in [-0.4, -0.2) is 16.9 Å². The Morgan fingerprint density at radius 2 is 2.46 bits per heavy atom. The predicted octanol–water partition coefficient (Wildman–Crippen LogP) is 0.374. The van der Waals surface area contributed by atoms with Crippen LogP contribution in [0, 0.1) is 0 Å². The van der Waals surface area contributed by atoms with Crippen molar-refractivity contribution in [3.8, 4) is 0 Å². The average molecular weight is 175 g/mol. The van der Waals surface area contributed by atoms with E-state index in [2.05, 4.69) is 10.3 Å². The number of nitrogens with two attached hydrogens (primary N) is 1. The van der Waals surface area contributed by atoms with E-state index in [0.29, 0.717) is 0 Å². The number of hydrogen-bond donors (Lipinski definition) is 2. The number of pyridine rings is 1. The summed E-state index contributed by atoms with van der Waals surface area (Å²) in [4.78, 5) is 14.8. The fourth-order valence-corrected chi connectivity index (χ4v) is 1.25. The minimum absolute atomic E-state index is 0.376. The molecule has 0 aromatic carbocycles. The average Bonchev–Trinajstić information content (AvgIpc) is 2.17. The molecule has 4 heteroatoms. The van der Waals surface area contributed by atoms with Gasteiger partial charge in [0, 0.05) is 23.6 Å². The third-order valence-corrected chi connectivity index (χ3v) is 1.94. The van der Waals surface area contributed by atoms with Crippen molar-refractivity contribution in [2.45, 2.75) is 6.04 Å². The van der Waals surface area contributed by atoms with Gasteiger partial charge in [0.15, 0.2) is 0 Å². The fraction of sp³-hybridized carbons (Fsp3) is 0.111. The zero-order valence-electron chi connectivity index (χ0n) is 6.90. The largest absolute Gasteiger partial charge is 0.370 e. The van der Waals surface area contributed by atoms with Gasteiger partial charge in [-0.25, -0.2) is 0 Å². The van der Waals surface area contributed by atoms with Crippen molar-refractivity contribution >= 4 is 17.7 Å². The standard InChI is InChI=1S/C9H9N3O/c10-9(13)8-2-1-6-5-11-4-3-7(6)12-8/h1-5,8,12H,(H2,10,13). The van der Waals surface area contributed by atoms with Gasteiger partial charge in [-0.1, -0.05) is 12.2 Å². The molecule has 1 unspecified atom stereocenters. The van der Waals surface area contributed by atoms with Crippen molar-refractivity contribution < 1.29 is 4.79 Å². The lowest BCUT2D eigenvalue weighted by atomic mass is 10.1. The van der Waals surface area contributed by atoms with Crippen LogP contribution < -0.4 is 11.1 Å². The first-order valence-electron chi connectivity index (χ1n) is 3.95. The van der Waals surface area contributed by atoms with E-state index in [1.165, 1.54) is 0 Å². The van der Waals surface area contributed by atoms with Crippen molar-refractivity contribution in [2.24, 2.45) is 5.73 Å². The Hall–Kier alpha value is -1.84. The van der Waals surface area contributed by atoms with Gasteiger partial charge in [0.2, 0.25) is 5.91 Å². The number of hydrogen-bond acceptors (Lipinski definition) is 3. The van der Waals surface area contributed by atoms with Crippen LogP contribution in [0.2, 0.25) is 0 Å². The van der Waals surface area contributed by atoms with Gasteiger partial charge >= 0.3 is 0 Å². The minimum atomic E-state index is -0.408.